The van der Waals surface area contributed by atoms with E-state index < -0.39 is 17.5 Å². The van der Waals surface area contributed by atoms with E-state index >= 15 is 0 Å². The molecule has 0 unspecified atom stereocenters. The molecule has 188 valence electrons. The summed E-state index contributed by atoms with van der Waals surface area (Å²) in [5.74, 6) is 0.109. The number of nitrogens with one attached hydrogen (secondary N) is 1. The molecule has 0 saturated heterocycles. The molecule has 0 amide bonds. The molecule has 3 aromatic carbocycles. The fraction of sp³-hybridized carbons (Fsp3) is 0.192. The third-order valence-corrected chi connectivity index (χ3v) is 6.43. The maximum Gasteiger partial charge on any atom is 0.174 e. The molecule has 0 aliphatic rings. The summed E-state index contributed by atoms with van der Waals surface area (Å²) in [6, 6.07) is 13.7. The summed E-state index contributed by atoms with van der Waals surface area (Å²) in [6.45, 7) is 0.413. The first-order valence-electron chi connectivity index (χ1n) is 10.9. The number of hydrogen-bond acceptors (Lipinski definition) is 6. The third kappa shape index (κ3) is 5.38. The van der Waals surface area contributed by atoms with E-state index in [-0.39, 0.29) is 17.1 Å². The van der Waals surface area contributed by atoms with Gasteiger partial charge in [-0.25, -0.2) is 18.2 Å². The van der Waals surface area contributed by atoms with E-state index in [1.807, 2.05) is 18.2 Å². The molecule has 4 aromatic rings. The van der Waals surface area contributed by atoms with Crippen molar-refractivity contribution in [1.82, 2.24) is 9.55 Å². The summed E-state index contributed by atoms with van der Waals surface area (Å²) in [4.78, 5) is 4.46. The fourth-order valence-electron chi connectivity index (χ4n) is 3.59. The Hall–Kier alpha value is -3.79. The number of benzene rings is 3. The molecule has 1 aromatic heterocycles. The van der Waals surface area contributed by atoms with Crippen molar-refractivity contribution in [2.75, 3.05) is 26.6 Å². The van der Waals surface area contributed by atoms with Crippen LogP contribution in [0.3, 0.4) is 0 Å². The number of anilines is 1. The van der Waals surface area contributed by atoms with Crippen LogP contribution in [0.4, 0.5) is 19.0 Å². The van der Waals surface area contributed by atoms with Crippen LogP contribution in [0.15, 0.2) is 66.0 Å². The van der Waals surface area contributed by atoms with Crippen LogP contribution in [-0.4, -0.2) is 30.9 Å². The summed E-state index contributed by atoms with van der Waals surface area (Å²) in [5.41, 5.74) is 1.44. The largest absolute Gasteiger partial charge is 0.494 e. The van der Waals surface area contributed by atoms with Crippen LogP contribution in [0.2, 0.25) is 0 Å². The summed E-state index contributed by atoms with van der Waals surface area (Å²) >= 11 is 1.16. The minimum Gasteiger partial charge on any atom is -0.494 e. The maximum absolute atomic E-state index is 14.2. The maximum atomic E-state index is 14.2. The number of methoxy groups -OCH3 is 3. The Morgan fingerprint density at radius 2 is 1.56 bits per heavy atom. The highest BCUT2D eigenvalue weighted by atomic mass is 32.2. The molecule has 0 fully saturated rings. The van der Waals surface area contributed by atoms with Crippen molar-refractivity contribution >= 4 is 17.6 Å². The van der Waals surface area contributed by atoms with Crippen molar-refractivity contribution < 1.29 is 27.4 Å². The highest BCUT2D eigenvalue weighted by Gasteiger charge is 2.17. The van der Waals surface area contributed by atoms with Gasteiger partial charge in [-0.05, 0) is 42.0 Å². The lowest BCUT2D eigenvalue weighted by Crippen LogP contribution is -2.07. The number of ether oxygens (including phenoxy) is 3. The Balaban J connectivity index is 1.66. The van der Waals surface area contributed by atoms with Gasteiger partial charge in [-0.15, -0.1) is 0 Å². The molecule has 0 atom stereocenters. The van der Waals surface area contributed by atoms with Gasteiger partial charge < -0.3 is 19.5 Å². The zero-order valence-electron chi connectivity index (χ0n) is 19.8. The molecule has 0 saturated carbocycles. The normalized spacial score (nSPS) is 10.8. The minimum absolute atomic E-state index is 0.0168. The Kier molecular flexibility index (Phi) is 7.94. The van der Waals surface area contributed by atoms with Gasteiger partial charge in [-0.1, -0.05) is 23.9 Å². The van der Waals surface area contributed by atoms with E-state index in [1.54, 1.807) is 31.0 Å². The number of thioether (sulfide) groups is 1. The van der Waals surface area contributed by atoms with Gasteiger partial charge in [0.15, 0.2) is 28.2 Å². The van der Waals surface area contributed by atoms with Crippen molar-refractivity contribution in [3.63, 3.8) is 0 Å². The molecule has 0 radical (unpaired) electrons. The molecular weight excluding hydrogens is 491 g/mol. The van der Waals surface area contributed by atoms with E-state index in [2.05, 4.69) is 10.3 Å². The van der Waals surface area contributed by atoms with Crippen molar-refractivity contribution in [3.8, 4) is 22.9 Å². The summed E-state index contributed by atoms with van der Waals surface area (Å²) in [7, 11) is 4.51. The van der Waals surface area contributed by atoms with E-state index in [1.165, 1.54) is 37.4 Å². The van der Waals surface area contributed by atoms with Crippen LogP contribution in [0.5, 0.6) is 17.2 Å². The van der Waals surface area contributed by atoms with Gasteiger partial charge in [0.1, 0.15) is 17.5 Å². The third-order valence-electron chi connectivity index (χ3n) is 5.45. The highest BCUT2D eigenvalue weighted by Crippen LogP contribution is 2.33. The molecule has 0 bridgehead atoms. The molecule has 10 heteroatoms. The van der Waals surface area contributed by atoms with Gasteiger partial charge in [-0.2, -0.15) is 0 Å². The number of halogens is 3. The molecule has 0 spiro atoms. The number of nitrogens with zero attached hydrogens (tertiary/aromatic N) is 2. The standard InChI is InChI=1S/C26H24F3N3O3S/c1-33-22-10-7-16(11-24(22)35-3)13-30-25-14-31-26(36-15-18-19(27)5-4-6-20(18)28)32(25)17-8-9-21(29)23(12-17)34-2/h4-12,14,30H,13,15H2,1-3H3. The first-order chi connectivity index (χ1) is 17.4. The van der Waals surface area contributed by atoms with Gasteiger partial charge in [-0.3, -0.25) is 4.57 Å². The molecular formula is C26H24F3N3O3S. The fourth-order valence-corrected chi connectivity index (χ4v) is 4.60. The van der Waals surface area contributed by atoms with E-state index in [4.69, 9.17) is 14.2 Å². The zero-order chi connectivity index (χ0) is 25.7. The van der Waals surface area contributed by atoms with Crippen molar-refractivity contribution in [1.29, 1.82) is 0 Å². The van der Waals surface area contributed by atoms with Crippen LogP contribution in [0.25, 0.3) is 5.69 Å². The smallest absolute Gasteiger partial charge is 0.174 e. The second-order valence-corrected chi connectivity index (χ2v) is 8.55. The van der Waals surface area contributed by atoms with E-state index in [0.717, 1.165) is 17.3 Å². The molecule has 4 rings (SSSR count). The van der Waals surface area contributed by atoms with E-state index in [9.17, 15) is 13.2 Å². The van der Waals surface area contributed by atoms with Gasteiger partial charge in [0.25, 0.3) is 0 Å². The number of imidazole rings is 1. The monoisotopic (exact) mass is 515 g/mol. The Bertz CT molecular complexity index is 1340. The molecule has 0 aliphatic heterocycles. The Morgan fingerprint density at radius 3 is 2.25 bits per heavy atom. The Labute approximate surface area is 211 Å². The average Bonchev–Trinajstić information content (AvgIpc) is 3.30. The lowest BCUT2D eigenvalue weighted by atomic mass is 10.2. The van der Waals surface area contributed by atoms with Crippen molar-refractivity contribution in [3.05, 3.63) is 89.4 Å². The Morgan fingerprint density at radius 1 is 0.833 bits per heavy atom. The summed E-state index contributed by atoms with van der Waals surface area (Å²) < 4.78 is 60.0. The second-order valence-electron chi connectivity index (χ2n) is 7.61. The molecule has 1 N–H and O–H groups in total. The van der Waals surface area contributed by atoms with Crippen LogP contribution >= 0.6 is 11.8 Å². The molecule has 36 heavy (non-hydrogen) atoms. The van der Waals surface area contributed by atoms with Crippen LogP contribution in [-0.2, 0) is 12.3 Å². The number of aromatic nitrogens is 2. The van der Waals surface area contributed by atoms with Gasteiger partial charge >= 0.3 is 0 Å². The van der Waals surface area contributed by atoms with Crippen LogP contribution < -0.4 is 19.5 Å². The second kappa shape index (κ2) is 11.3. The number of rotatable bonds is 10. The molecule has 6 nitrogen and oxygen atoms in total. The SMILES string of the molecule is COc1cc(-n2c(NCc3ccc(OC)c(OC)c3)cnc2SCc2c(F)cccc2F)ccc1F. The minimum atomic E-state index is -0.629. The van der Waals surface area contributed by atoms with Crippen LogP contribution in [0, 0.1) is 17.5 Å². The lowest BCUT2D eigenvalue weighted by Gasteiger charge is -2.15. The van der Waals surface area contributed by atoms with Crippen LogP contribution in [0.1, 0.15) is 11.1 Å². The number of hydrogen-bond donors (Lipinski definition) is 1. The first-order valence-corrected chi connectivity index (χ1v) is 11.9. The van der Waals surface area contributed by atoms with Gasteiger partial charge in [0, 0.05) is 23.9 Å². The van der Waals surface area contributed by atoms with E-state index in [0.29, 0.717) is 34.7 Å². The molecule has 1 heterocycles. The topological polar surface area (TPSA) is 57.5 Å². The van der Waals surface area contributed by atoms with Gasteiger partial charge in [0.05, 0.1) is 33.2 Å². The first kappa shape index (κ1) is 25.3. The lowest BCUT2D eigenvalue weighted by molar-refractivity contribution is 0.354. The summed E-state index contributed by atoms with van der Waals surface area (Å²) in [6.07, 6.45) is 1.61. The average molecular weight is 516 g/mol. The van der Waals surface area contributed by atoms with Crippen molar-refractivity contribution in [2.24, 2.45) is 0 Å². The van der Waals surface area contributed by atoms with Crippen molar-refractivity contribution in [2.45, 2.75) is 17.5 Å². The summed E-state index contributed by atoms with van der Waals surface area (Å²) in [5, 5.41) is 3.78. The quantitative estimate of drug-likeness (QED) is 0.253. The van der Waals surface area contributed by atoms with Gasteiger partial charge in [0.2, 0.25) is 0 Å². The zero-order valence-corrected chi connectivity index (χ0v) is 20.7. The molecule has 0 aliphatic carbocycles. The predicted molar refractivity (Wildman–Crippen MR) is 133 cm³/mol. The predicted octanol–water partition coefficient (Wildman–Crippen LogP) is 6.22. The highest BCUT2D eigenvalue weighted by molar-refractivity contribution is 7.98.